The van der Waals surface area contributed by atoms with Crippen LogP contribution in [0.3, 0.4) is 0 Å². The second-order valence-electron chi connectivity index (χ2n) is 11.8. The predicted molar refractivity (Wildman–Crippen MR) is 175 cm³/mol. The van der Waals surface area contributed by atoms with Crippen molar-refractivity contribution in [1.82, 2.24) is 19.3 Å². The maximum absolute atomic E-state index is 13.8. The number of phosphoric acid groups is 1. The number of hydrogen-bond donors (Lipinski definition) is 0. The van der Waals surface area contributed by atoms with Crippen LogP contribution in [0, 0.1) is 0 Å². The number of likely N-dealkylation sites (N-methyl/N-ethyl adjacent to an activating group) is 1. The molecule has 0 fully saturated rings. The number of ether oxygens (including phenoxy) is 2. The number of benzene rings is 1. The number of fused-ring (bicyclic) bond motifs is 1. The number of para-hydroxylation sites is 1. The van der Waals surface area contributed by atoms with Gasteiger partial charge in [-0.15, -0.1) is 0 Å². The van der Waals surface area contributed by atoms with Gasteiger partial charge in [0, 0.05) is 67.9 Å². The topological polar surface area (TPSA) is 112 Å². The van der Waals surface area contributed by atoms with Crippen LogP contribution in [0.15, 0.2) is 78.6 Å². The predicted octanol–water partition coefficient (Wildman–Crippen LogP) is 5.89. The van der Waals surface area contributed by atoms with E-state index in [9.17, 15) is 14.2 Å². The van der Waals surface area contributed by atoms with Crippen molar-refractivity contribution in [1.29, 1.82) is 0 Å². The van der Waals surface area contributed by atoms with Gasteiger partial charge in [0.15, 0.2) is 0 Å². The number of allylic oxidation sites excluding steroid dienone is 2. The summed E-state index contributed by atoms with van der Waals surface area (Å²) in [4.78, 5) is 31.4. The second-order valence-corrected chi connectivity index (χ2v) is 13.5. The number of aromatic nitrogens is 1. The number of phosphoric ester groups is 1. The molecule has 0 saturated heterocycles. The fourth-order valence-corrected chi connectivity index (χ4v) is 5.61. The standard InChI is InChI=1S/C33H45N4O8P/c1-25(2)35-16-9-11-28(20-35)32(38)41-23-44-46(40,45-24-42-33(39)29-12-10-17-36(21-29)26(3)4)43-22-37-19-27(15-18-34(5)6)30-13-7-8-14-31(30)37/h7-10,13-14,16-17,19-21,25-26H,11-12,15,18,22-24H2,1-6H3. The van der Waals surface area contributed by atoms with E-state index in [1.807, 2.05) is 107 Å². The van der Waals surface area contributed by atoms with Crippen LogP contribution < -0.4 is 0 Å². The van der Waals surface area contributed by atoms with E-state index in [0.717, 1.165) is 29.4 Å². The lowest BCUT2D eigenvalue weighted by molar-refractivity contribution is -0.149. The molecule has 2 aliphatic rings. The lowest BCUT2D eigenvalue weighted by Crippen LogP contribution is -2.24. The Labute approximate surface area is 271 Å². The van der Waals surface area contributed by atoms with Gasteiger partial charge in [-0.1, -0.05) is 30.4 Å². The Balaban J connectivity index is 1.44. The van der Waals surface area contributed by atoms with Crippen molar-refractivity contribution in [3.63, 3.8) is 0 Å². The first kappa shape index (κ1) is 35.2. The number of esters is 2. The Hall–Kier alpha value is -3.67. The molecular weight excluding hydrogens is 611 g/mol. The van der Waals surface area contributed by atoms with E-state index < -0.39 is 33.3 Å². The van der Waals surface area contributed by atoms with Crippen LogP contribution in [0.2, 0.25) is 0 Å². The third-order valence-electron chi connectivity index (χ3n) is 7.41. The molecule has 0 bridgehead atoms. The fraction of sp³-hybridized carbons (Fsp3) is 0.455. The quantitative estimate of drug-likeness (QED) is 0.123. The maximum Gasteiger partial charge on any atom is 0.482 e. The molecule has 2 aliphatic heterocycles. The minimum atomic E-state index is -4.40. The van der Waals surface area contributed by atoms with Crippen LogP contribution in [-0.2, 0) is 50.4 Å². The van der Waals surface area contributed by atoms with Crippen molar-refractivity contribution in [3.8, 4) is 0 Å². The van der Waals surface area contributed by atoms with Crippen molar-refractivity contribution >= 4 is 30.7 Å². The molecule has 0 saturated carbocycles. The van der Waals surface area contributed by atoms with E-state index in [-0.39, 0.29) is 18.8 Å². The zero-order valence-electron chi connectivity index (χ0n) is 27.5. The highest BCUT2D eigenvalue weighted by atomic mass is 31.2. The lowest BCUT2D eigenvalue weighted by atomic mass is 10.1. The number of nitrogens with zero attached hydrogens (tertiary/aromatic N) is 4. The molecule has 4 rings (SSSR count). The van der Waals surface area contributed by atoms with Crippen LogP contribution in [0.25, 0.3) is 10.9 Å². The Bertz CT molecular complexity index is 1480. The largest absolute Gasteiger partial charge is 0.482 e. The summed E-state index contributed by atoms with van der Waals surface area (Å²) in [6, 6.07) is 8.14. The molecule has 0 N–H and O–H groups in total. The summed E-state index contributed by atoms with van der Waals surface area (Å²) in [5.41, 5.74) is 2.81. The van der Waals surface area contributed by atoms with Gasteiger partial charge in [0.05, 0.1) is 16.7 Å². The van der Waals surface area contributed by atoms with Gasteiger partial charge >= 0.3 is 19.8 Å². The molecule has 0 unspecified atom stereocenters. The Morgan fingerprint density at radius 3 is 1.91 bits per heavy atom. The van der Waals surface area contributed by atoms with Crippen molar-refractivity contribution in [2.24, 2.45) is 0 Å². The van der Waals surface area contributed by atoms with E-state index >= 15 is 0 Å². The van der Waals surface area contributed by atoms with Crippen LogP contribution in [0.4, 0.5) is 0 Å². The molecule has 0 amide bonds. The first-order valence-corrected chi connectivity index (χ1v) is 16.8. The summed E-state index contributed by atoms with van der Waals surface area (Å²) < 4.78 is 42.7. The highest BCUT2D eigenvalue weighted by Crippen LogP contribution is 2.50. The molecule has 12 nitrogen and oxygen atoms in total. The Morgan fingerprint density at radius 1 is 0.848 bits per heavy atom. The van der Waals surface area contributed by atoms with Gasteiger partial charge in [0.1, 0.15) is 6.73 Å². The summed E-state index contributed by atoms with van der Waals surface area (Å²) in [5, 5.41) is 1.04. The van der Waals surface area contributed by atoms with Crippen LogP contribution in [-0.4, -0.2) is 77.5 Å². The van der Waals surface area contributed by atoms with Gasteiger partial charge in [-0.3, -0.25) is 4.52 Å². The third kappa shape index (κ3) is 9.67. The summed E-state index contributed by atoms with van der Waals surface area (Å²) in [6.45, 7) is 7.24. The molecule has 1 aromatic heterocycles. The minimum Gasteiger partial charge on any atom is -0.434 e. The van der Waals surface area contributed by atoms with Gasteiger partial charge in [-0.05, 0) is 59.8 Å². The minimum absolute atomic E-state index is 0.155. The highest BCUT2D eigenvalue weighted by molar-refractivity contribution is 7.48. The number of carbonyl (C=O) groups is 2. The molecule has 46 heavy (non-hydrogen) atoms. The number of rotatable bonds is 16. The Morgan fingerprint density at radius 2 is 1.39 bits per heavy atom. The fourth-order valence-electron chi connectivity index (χ4n) is 4.76. The van der Waals surface area contributed by atoms with Crippen molar-refractivity contribution < 1.29 is 37.2 Å². The second kappa shape index (κ2) is 16.2. The summed E-state index contributed by atoms with van der Waals surface area (Å²) in [5.74, 6) is -1.25. The molecule has 13 heteroatoms. The van der Waals surface area contributed by atoms with E-state index in [1.54, 1.807) is 17.0 Å². The Kier molecular flexibility index (Phi) is 12.4. The molecule has 0 spiro atoms. The van der Waals surface area contributed by atoms with Gasteiger partial charge in [-0.2, -0.15) is 0 Å². The van der Waals surface area contributed by atoms with Gasteiger partial charge in [0.2, 0.25) is 13.6 Å². The van der Waals surface area contributed by atoms with E-state index in [0.29, 0.717) is 24.0 Å². The van der Waals surface area contributed by atoms with Gasteiger partial charge in [0.25, 0.3) is 0 Å². The zero-order chi connectivity index (χ0) is 33.3. The van der Waals surface area contributed by atoms with Crippen LogP contribution >= 0.6 is 7.82 Å². The highest BCUT2D eigenvalue weighted by Gasteiger charge is 2.30. The number of hydrogen-bond acceptors (Lipinski definition) is 11. The average molecular weight is 657 g/mol. The van der Waals surface area contributed by atoms with Crippen LogP contribution in [0.5, 0.6) is 0 Å². The first-order valence-electron chi connectivity index (χ1n) is 15.3. The number of carbonyl (C=O) groups excluding carboxylic acids is 2. The molecule has 3 heterocycles. The molecule has 0 atom stereocenters. The van der Waals surface area contributed by atoms with E-state index in [4.69, 9.17) is 23.0 Å². The first-order chi connectivity index (χ1) is 22.0. The van der Waals surface area contributed by atoms with Crippen LogP contribution in [0.1, 0.15) is 46.1 Å². The normalized spacial score (nSPS) is 15.2. The molecule has 0 aliphatic carbocycles. The molecule has 0 radical (unpaired) electrons. The lowest BCUT2D eigenvalue weighted by Gasteiger charge is -2.25. The van der Waals surface area contributed by atoms with Crippen molar-refractivity contribution in [3.05, 3.63) is 84.1 Å². The zero-order valence-corrected chi connectivity index (χ0v) is 28.4. The summed E-state index contributed by atoms with van der Waals surface area (Å²) in [7, 11) is -0.383. The molecular formula is C33H45N4O8P. The van der Waals surface area contributed by atoms with E-state index in [1.165, 1.54) is 0 Å². The maximum atomic E-state index is 13.8. The monoisotopic (exact) mass is 656 g/mol. The average Bonchev–Trinajstić information content (AvgIpc) is 3.40. The molecule has 1 aromatic carbocycles. The summed E-state index contributed by atoms with van der Waals surface area (Å²) in [6.07, 6.45) is 14.4. The van der Waals surface area contributed by atoms with Crippen molar-refractivity contribution in [2.75, 3.05) is 34.2 Å². The van der Waals surface area contributed by atoms with E-state index in [2.05, 4.69) is 4.90 Å². The third-order valence-corrected chi connectivity index (χ3v) is 8.69. The smallest absolute Gasteiger partial charge is 0.434 e. The van der Waals surface area contributed by atoms with Gasteiger partial charge in [-0.25, -0.2) is 23.2 Å². The SMILES string of the molecule is CC(C)N1C=CCC(C(=O)OCOP(=O)(OCOC(=O)C2=CN(C(C)C)C=CC2)OCn2cc(CCN(C)C)c3ccccc32)=C1. The summed E-state index contributed by atoms with van der Waals surface area (Å²) >= 11 is 0. The molecule has 2 aromatic rings. The van der Waals surface area contributed by atoms with Crippen molar-refractivity contribution in [2.45, 2.75) is 65.8 Å². The van der Waals surface area contributed by atoms with Gasteiger partial charge < -0.3 is 28.7 Å². The molecule has 250 valence electrons.